The minimum atomic E-state index is -3.41. The van der Waals surface area contributed by atoms with Gasteiger partial charge in [-0.05, 0) is 26.3 Å². The van der Waals surface area contributed by atoms with E-state index in [9.17, 15) is 13.2 Å². The number of aryl methyl sites for hydroxylation is 3. The molecule has 2 aromatic rings. The molecule has 140 valence electrons. The van der Waals surface area contributed by atoms with E-state index in [1.165, 1.54) is 4.31 Å². The fourth-order valence-electron chi connectivity index (χ4n) is 3.22. The Labute approximate surface area is 153 Å². The second-order valence-corrected chi connectivity index (χ2v) is 8.60. The third kappa shape index (κ3) is 3.81. The Bertz CT molecular complexity index is 893. The van der Waals surface area contributed by atoms with Crippen LogP contribution in [0.1, 0.15) is 32.9 Å². The number of hydrogen-bond donors (Lipinski definition) is 0. The molecule has 1 fully saturated rings. The summed E-state index contributed by atoms with van der Waals surface area (Å²) in [5.74, 6) is 0.311. The van der Waals surface area contributed by atoms with Crippen molar-refractivity contribution >= 4 is 15.9 Å². The number of carbonyl (C=O) groups excluding carboxylic acids is 1. The van der Waals surface area contributed by atoms with E-state index in [1.54, 1.807) is 18.7 Å². The molecule has 2 heterocycles. The van der Waals surface area contributed by atoms with Crippen molar-refractivity contribution in [1.82, 2.24) is 14.4 Å². The first-order valence-corrected chi connectivity index (χ1v) is 10.1. The van der Waals surface area contributed by atoms with Crippen LogP contribution in [0.3, 0.4) is 0 Å². The number of amides is 1. The van der Waals surface area contributed by atoms with Gasteiger partial charge in [0.25, 0.3) is 5.91 Å². The Hall–Kier alpha value is -2.19. The van der Waals surface area contributed by atoms with Crippen LogP contribution in [0.4, 0.5) is 0 Å². The van der Waals surface area contributed by atoms with E-state index in [0.29, 0.717) is 43.2 Å². The monoisotopic (exact) mass is 377 g/mol. The maximum absolute atomic E-state index is 12.7. The molecule has 7 nitrogen and oxygen atoms in total. The van der Waals surface area contributed by atoms with Crippen molar-refractivity contribution in [3.8, 4) is 0 Å². The van der Waals surface area contributed by atoms with Gasteiger partial charge in [-0.1, -0.05) is 35.0 Å². The minimum absolute atomic E-state index is 0.0213. The van der Waals surface area contributed by atoms with Gasteiger partial charge in [-0.2, -0.15) is 4.31 Å². The SMILES string of the molecule is Cc1cccc(CS(=O)(=O)N2CCN(C(=O)c3c(C)noc3C)CC2)c1. The van der Waals surface area contributed by atoms with Crippen LogP contribution in [0, 0.1) is 20.8 Å². The number of hydrogen-bond acceptors (Lipinski definition) is 5. The lowest BCUT2D eigenvalue weighted by molar-refractivity contribution is 0.0695. The standard InChI is InChI=1S/C18H23N3O4S/c1-13-5-4-6-16(11-13)12-26(23,24)21-9-7-20(8-10-21)18(22)17-14(2)19-25-15(17)3/h4-6,11H,7-10,12H2,1-3H3. The average molecular weight is 377 g/mol. The highest BCUT2D eigenvalue weighted by Gasteiger charge is 2.31. The van der Waals surface area contributed by atoms with Crippen LogP contribution >= 0.6 is 0 Å². The second-order valence-electron chi connectivity index (χ2n) is 6.64. The number of rotatable bonds is 4. The Morgan fingerprint density at radius 3 is 2.42 bits per heavy atom. The largest absolute Gasteiger partial charge is 0.361 e. The van der Waals surface area contributed by atoms with Crippen LogP contribution in [0.25, 0.3) is 0 Å². The molecule has 0 aliphatic carbocycles. The molecule has 1 aromatic carbocycles. The summed E-state index contributed by atoms with van der Waals surface area (Å²) in [4.78, 5) is 14.3. The van der Waals surface area contributed by atoms with E-state index in [2.05, 4.69) is 5.16 Å². The van der Waals surface area contributed by atoms with Crippen LogP contribution in [-0.2, 0) is 15.8 Å². The molecule has 3 rings (SSSR count). The molecule has 1 aliphatic heterocycles. The van der Waals surface area contributed by atoms with Crippen LogP contribution < -0.4 is 0 Å². The summed E-state index contributed by atoms with van der Waals surface area (Å²) in [5, 5.41) is 3.81. The van der Waals surface area contributed by atoms with Gasteiger partial charge >= 0.3 is 0 Å². The summed E-state index contributed by atoms with van der Waals surface area (Å²) >= 11 is 0. The van der Waals surface area contributed by atoms with E-state index < -0.39 is 10.0 Å². The number of sulfonamides is 1. The molecule has 8 heteroatoms. The molecule has 0 atom stereocenters. The molecule has 0 unspecified atom stereocenters. The van der Waals surface area contributed by atoms with Crippen molar-refractivity contribution in [1.29, 1.82) is 0 Å². The van der Waals surface area contributed by atoms with Gasteiger partial charge in [0.2, 0.25) is 10.0 Å². The number of piperazine rings is 1. The van der Waals surface area contributed by atoms with Gasteiger partial charge in [-0.15, -0.1) is 0 Å². The zero-order valence-corrected chi connectivity index (χ0v) is 16.0. The molecule has 1 amide bonds. The molecule has 0 radical (unpaired) electrons. The molecule has 0 N–H and O–H groups in total. The lowest BCUT2D eigenvalue weighted by Gasteiger charge is -2.34. The normalized spacial score (nSPS) is 16.0. The van der Waals surface area contributed by atoms with E-state index in [1.807, 2.05) is 31.2 Å². The van der Waals surface area contributed by atoms with Crippen molar-refractivity contribution in [2.45, 2.75) is 26.5 Å². The van der Waals surface area contributed by atoms with Crippen LogP contribution in [0.5, 0.6) is 0 Å². The third-order valence-corrected chi connectivity index (χ3v) is 6.45. The van der Waals surface area contributed by atoms with Crippen molar-refractivity contribution in [3.05, 3.63) is 52.4 Å². The summed E-state index contributed by atoms with van der Waals surface area (Å²) in [6.07, 6.45) is 0. The maximum atomic E-state index is 12.7. The van der Waals surface area contributed by atoms with Gasteiger partial charge in [0.1, 0.15) is 11.3 Å². The number of nitrogens with zero attached hydrogens (tertiary/aromatic N) is 3. The average Bonchev–Trinajstić information content (AvgIpc) is 2.92. The van der Waals surface area contributed by atoms with Gasteiger partial charge < -0.3 is 9.42 Å². The van der Waals surface area contributed by atoms with Gasteiger partial charge in [0.05, 0.1) is 11.4 Å². The summed E-state index contributed by atoms with van der Waals surface area (Å²) in [6, 6.07) is 7.51. The molecule has 1 saturated heterocycles. The molecule has 0 bridgehead atoms. The Morgan fingerprint density at radius 2 is 1.85 bits per heavy atom. The van der Waals surface area contributed by atoms with Gasteiger partial charge in [-0.3, -0.25) is 4.79 Å². The highest BCUT2D eigenvalue weighted by molar-refractivity contribution is 7.88. The number of benzene rings is 1. The Morgan fingerprint density at radius 1 is 1.15 bits per heavy atom. The van der Waals surface area contributed by atoms with Crippen molar-refractivity contribution < 1.29 is 17.7 Å². The quantitative estimate of drug-likeness (QED) is 0.812. The van der Waals surface area contributed by atoms with E-state index in [-0.39, 0.29) is 11.7 Å². The van der Waals surface area contributed by atoms with Crippen LogP contribution in [0.2, 0.25) is 0 Å². The molecule has 0 saturated carbocycles. The first-order chi connectivity index (χ1) is 12.3. The molecular weight excluding hydrogens is 354 g/mol. The van der Waals surface area contributed by atoms with Crippen molar-refractivity contribution in [2.24, 2.45) is 0 Å². The summed E-state index contributed by atoms with van der Waals surface area (Å²) < 4.78 is 31.9. The molecule has 0 spiro atoms. The fourth-order valence-corrected chi connectivity index (χ4v) is 4.72. The predicted octanol–water partition coefficient (Wildman–Crippen LogP) is 1.89. The number of carbonyl (C=O) groups is 1. The lowest BCUT2D eigenvalue weighted by Crippen LogP contribution is -2.50. The predicted molar refractivity (Wildman–Crippen MR) is 97.3 cm³/mol. The van der Waals surface area contributed by atoms with Gasteiger partial charge in [-0.25, -0.2) is 8.42 Å². The minimum Gasteiger partial charge on any atom is -0.361 e. The Kier molecular flexibility index (Phi) is 5.15. The smallest absolute Gasteiger partial charge is 0.259 e. The number of aromatic nitrogens is 1. The third-order valence-electron chi connectivity index (χ3n) is 4.60. The summed E-state index contributed by atoms with van der Waals surface area (Å²) in [7, 11) is -3.41. The molecule has 1 aromatic heterocycles. The summed E-state index contributed by atoms with van der Waals surface area (Å²) in [6.45, 7) is 6.68. The molecule has 1 aliphatic rings. The molecule has 26 heavy (non-hydrogen) atoms. The fraction of sp³-hybridized carbons (Fsp3) is 0.444. The van der Waals surface area contributed by atoms with Gasteiger partial charge in [0.15, 0.2) is 0 Å². The van der Waals surface area contributed by atoms with E-state index in [4.69, 9.17) is 4.52 Å². The van der Waals surface area contributed by atoms with Crippen LogP contribution in [0.15, 0.2) is 28.8 Å². The van der Waals surface area contributed by atoms with Crippen LogP contribution in [-0.4, -0.2) is 54.9 Å². The first-order valence-electron chi connectivity index (χ1n) is 8.53. The zero-order valence-electron chi connectivity index (χ0n) is 15.2. The first kappa shape index (κ1) is 18.6. The zero-order chi connectivity index (χ0) is 18.9. The summed E-state index contributed by atoms with van der Waals surface area (Å²) in [5.41, 5.74) is 2.84. The van der Waals surface area contributed by atoms with E-state index in [0.717, 1.165) is 11.1 Å². The maximum Gasteiger partial charge on any atom is 0.259 e. The van der Waals surface area contributed by atoms with Gasteiger partial charge in [0, 0.05) is 26.2 Å². The second kappa shape index (κ2) is 7.20. The van der Waals surface area contributed by atoms with Crippen molar-refractivity contribution in [2.75, 3.05) is 26.2 Å². The Balaban J connectivity index is 1.65. The highest BCUT2D eigenvalue weighted by atomic mass is 32.2. The lowest BCUT2D eigenvalue weighted by atomic mass is 10.1. The van der Waals surface area contributed by atoms with Crippen molar-refractivity contribution in [3.63, 3.8) is 0 Å². The molecular formula is C18H23N3O4S. The van der Waals surface area contributed by atoms with E-state index >= 15 is 0 Å². The highest BCUT2D eigenvalue weighted by Crippen LogP contribution is 2.19. The topological polar surface area (TPSA) is 83.7 Å².